The molecule has 1 amide bonds. The van der Waals surface area contributed by atoms with Gasteiger partial charge in [0.25, 0.3) is 0 Å². The second-order valence-corrected chi connectivity index (χ2v) is 9.37. The van der Waals surface area contributed by atoms with Gasteiger partial charge in [0.15, 0.2) is 11.2 Å². The first kappa shape index (κ1) is 21.0. The summed E-state index contributed by atoms with van der Waals surface area (Å²) < 4.78 is 30.3. The molecule has 0 radical (unpaired) electrons. The number of benzene rings is 2. The Morgan fingerprint density at radius 3 is 2.80 bits per heavy atom. The van der Waals surface area contributed by atoms with Gasteiger partial charge in [-0.2, -0.15) is 0 Å². The second kappa shape index (κ2) is 8.86. The van der Waals surface area contributed by atoms with Crippen molar-refractivity contribution < 1.29 is 13.4 Å². The lowest BCUT2D eigenvalue weighted by atomic mass is 10.1. The summed E-state index contributed by atoms with van der Waals surface area (Å²) in [4.78, 5) is 12.8. The van der Waals surface area contributed by atoms with Crippen molar-refractivity contribution in [2.24, 2.45) is 0 Å². The van der Waals surface area contributed by atoms with Crippen molar-refractivity contribution in [3.05, 3.63) is 64.4 Å². The van der Waals surface area contributed by atoms with Crippen LogP contribution in [0.4, 0.5) is 10.1 Å². The molecule has 2 heterocycles. The highest BCUT2D eigenvalue weighted by atomic mass is 35.5. The summed E-state index contributed by atoms with van der Waals surface area (Å²) in [5.74, 6) is -0.937. The van der Waals surface area contributed by atoms with E-state index < -0.39 is 29.1 Å². The van der Waals surface area contributed by atoms with Crippen molar-refractivity contribution in [1.29, 1.82) is 0 Å². The minimum atomic E-state index is -1.59. The van der Waals surface area contributed by atoms with Gasteiger partial charge in [-0.05, 0) is 24.6 Å². The summed E-state index contributed by atoms with van der Waals surface area (Å²) in [6.45, 7) is 0. The zero-order chi connectivity index (χ0) is 21.3. The van der Waals surface area contributed by atoms with Gasteiger partial charge >= 0.3 is 0 Å². The van der Waals surface area contributed by atoms with Crippen molar-refractivity contribution >= 4 is 45.7 Å². The minimum absolute atomic E-state index is 0.0878. The first-order valence-corrected chi connectivity index (χ1v) is 11.3. The minimum Gasteiger partial charge on any atom is -0.325 e. The van der Waals surface area contributed by atoms with Crippen molar-refractivity contribution in [2.75, 3.05) is 12.4 Å². The quantitative estimate of drug-likeness (QED) is 0.616. The molecule has 1 aliphatic rings. The van der Waals surface area contributed by atoms with Crippen LogP contribution in [-0.2, 0) is 16.0 Å². The molecule has 0 aliphatic carbocycles. The Bertz CT molecular complexity index is 1100. The molecule has 7 nitrogen and oxygen atoms in total. The van der Waals surface area contributed by atoms with Crippen LogP contribution in [0.1, 0.15) is 17.5 Å². The fraction of sp³-hybridized carbons (Fsp3) is 0.211. The fourth-order valence-corrected chi connectivity index (χ4v) is 5.23. The molecule has 1 saturated heterocycles. The fourth-order valence-electron chi connectivity index (χ4n) is 3.04. The molecule has 1 aliphatic heterocycles. The van der Waals surface area contributed by atoms with E-state index in [-0.39, 0.29) is 10.9 Å². The molecule has 1 aromatic heterocycles. The van der Waals surface area contributed by atoms with Crippen LogP contribution in [0.25, 0.3) is 10.6 Å². The predicted molar refractivity (Wildman–Crippen MR) is 116 cm³/mol. The maximum absolute atomic E-state index is 13.4. The number of carbonyl (C=O) groups excluding carboxylic acids is 1. The van der Waals surface area contributed by atoms with Crippen molar-refractivity contribution in [3.8, 4) is 10.6 Å². The Kier molecular flexibility index (Phi) is 6.21. The lowest BCUT2D eigenvalue weighted by Crippen LogP contribution is -2.53. The van der Waals surface area contributed by atoms with Crippen LogP contribution in [0.2, 0.25) is 5.02 Å². The van der Waals surface area contributed by atoms with Gasteiger partial charge in [-0.25, -0.2) is 17.6 Å². The number of hydrogen-bond donors (Lipinski definition) is 2. The van der Waals surface area contributed by atoms with Crippen LogP contribution in [0.15, 0.2) is 48.5 Å². The van der Waals surface area contributed by atoms with Crippen molar-refractivity contribution in [1.82, 2.24) is 19.2 Å². The molecule has 2 aromatic carbocycles. The first-order chi connectivity index (χ1) is 14.4. The molecule has 1 fully saturated rings. The standard InChI is InChI=1S/C19H17ClFN5O2S2/c1-26-16(17(27)22-12-7-8-14(21)13(20)9-12)10-15(25-30(26)28)19-24-23-18(29-19)11-5-3-2-4-6-11/h2-9,15-16,25H,10H2,1H3,(H,22,27). The van der Waals surface area contributed by atoms with Gasteiger partial charge in [0.05, 0.1) is 11.1 Å². The van der Waals surface area contributed by atoms with E-state index in [1.807, 2.05) is 30.3 Å². The molecule has 3 atom stereocenters. The van der Waals surface area contributed by atoms with Crippen LogP contribution in [-0.4, -0.2) is 37.7 Å². The number of carbonyl (C=O) groups is 1. The van der Waals surface area contributed by atoms with Gasteiger partial charge in [-0.15, -0.1) is 10.2 Å². The van der Waals surface area contributed by atoms with Crippen LogP contribution in [0.3, 0.4) is 0 Å². The second-order valence-electron chi connectivity index (χ2n) is 6.65. The van der Waals surface area contributed by atoms with E-state index in [9.17, 15) is 13.4 Å². The third-order valence-electron chi connectivity index (χ3n) is 4.65. The van der Waals surface area contributed by atoms with Gasteiger partial charge in [0.1, 0.15) is 21.9 Å². The Labute approximate surface area is 184 Å². The molecule has 2 N–H and O–H groups in total. The van der Waals surface area contributed by atoms with E-state index in [1.165, 1.54) is 33.8 Å². The topological polar surface area (TPSA) is 87.2 Å². The molecule has 3 aromatic rings. The first-order valence-electron chi connectivity index (χ1n) is 8.98. The van der Waals surface area contributed by atoms with E-state index in [4.69, 9.17) is 11.6 Å². The molecule has 4 rings (SSSR count). The Morgan fingerprint density at radius 1 is 1.30 bits per heavy atom. The normalized spacial score (nSPS) is 22.0. The zero-order valence-corrected chi connectivity index (χ0v) is 18.1. The number of hydrogen-bond acceptors (Lipinski definition) is 5. The molecular weight excluding hydrogens is 449 g/mol. The average Bonchev–Trinajstić information content (AvgIpc) is 3.23. The van der Waals surface area contributed by atoms with E-state index in [2.05, 4.69) is 20.2 Å². The van der Waals surface area contributed by atoms with E-state index in [0.29, 0.717) is 17.1 Å². The third-order valence-corrected chi connectivity index (χ3v) is 7.29. The maximum Gasteiger partial charge on any atom is 0.242 e. The molecule has 0 saturated carbocycles. The van der Waals surface area contributed by atoms with E-state index >= 15 is 0 Å². The van der Waals surface area contributed by atoms with Crippen LogP contribution in [0.5, 0.6) is 0 Å². The number of rotatable bonds is 4. The summed E-state index contributed by atoms with van der Waals surface area (Å²) >= 11 is 5.58. The van der Waals surface area contributed by atoms with Gasteiger partial charge in [-0.1, -0.05) is 53.3 Å². The van der Waals surface area contributed by atoms with Gasteiger partial charge < -0.3 is 5.32 Å². The molecule has 30 heavy (non-hydrogen) atoms. The number of aromatic nitrogens is 2. The van der Waals surface area contributed by atoms with E-state index in [0.717, 1.165) is 10.6 Å². The number of anilines is 1. The molecule has 156 valence electrons. The van der Waals surface area contributed by atoms with Gasteiger partial charge in [0, 0.05) is 18.3 Å². The van der Waals surface area contributed by atoms with E-state index in [1.54, 1.807) is 7.05 Å². The lowest BCUT2D eigenvalue weighted by molar-refractivity contribution is -0.120. The van der Waals surface area contributed by atoms with Gasteiger partial charge in [-0.3, -0.25) is 4.79 Å². The number of nitrogens with zero attached hydrogens (tertiary/aromatic N) is 3. The summed E-state index contributed by atoms with van der Waals surface area (Å²) in [6.07, 6.45) is 0.340. The highest BCUT2D eigenvalue weighted by Crippen LogP contribution is 2.32. The molecular formula is C19H17ClFN5O2S2. The van der Waals surface area contributed by atoms with Crippen LogP contribution in [0, 0.1) is 5.82 Å². The summed E-state index contributed by atoms with van der Waals surface area (Å²) in [6, 6.07) is 12.5. The molecule has 11 heteroatoms. The highest BCUT2D eigenvalue weighted by molar-refractivity contribution is 7.80. The Balaban J connectivity index is 1.52. The maximum atomic E-state index is 13.4. The number of likely N-dealkylation sites (N-methyl/N-ethyl adjacent to an activating group) is 1. The lowest BCUT2D eigenvalue weighted by Gasteiger charge is -2.34. The largest absolute Gasteiger partial charge is 0.325 e. The van der Waals surface area contributed by atoms with Gasteiger partial charge in [0.2, 0.25) is 5.91 Å². The van der Waals surface area contributed by atoms with Crippen LogP contribution < -0.4 is 10.0 Å². The average molecular weight is 466 g/mol. The van der Waals surface area contributed by atoms with Crippen molar-refractivity contribution in [2.45, 2.75) is 18.5 Å². The SMILES string of the molecule is CN1C(C(=O)Nc2ccc(F)c(Cl)c2)CC(c2nnc(-c3ccccc3)s2)NS1=O. The predicted octanol–water partition coefficient (Wildman–Crippen LogP) is 3.55. The summed E-state index contributed by atoms with van der Waals surface area (Å²) in [5, 5.41) is 12.5. The Morgan fingerprint density at radius 2 is 2.07 bits per heavy atom. The zero-order valence-electron chi connectivity index (χ0n) is 15.7. The highest BCUT2D eigenvalue weighted by Gasteiger charge is 2.37. The van der Waals surface area contributed by atoms with Crippen molar-refractivity contribution in [3.63, 3.8) is 0 Å². The number of halogens is 2. The smallest absolute Gasteiger partial charge is 0.242 e. The number of nitrogens with one attached hydrogen (secondary N) is 2. The molecule has 0 bridgehead atoms. The number of amides is 1. The summed E-state index contributed by atoms with van der Waals surface area (Å²) in [7, 11) is 1.59. The third kappa shape index (κ3) is 4.42. The Hall–Kier alpha value is -2.24. The summed E-state index contributed by atoms with van der Waals surface area (Å²) in [5.41, 5.74) is 1.31. The van der Waals surface area contributed by atoms with Crippen LogP contribution >= 0.6 is 22.9 Å². The molecule has 0 spiro atoms. The monoisotopic (exact) mass is 465 g/mol. The molecule has 3 unspecified atom stereocenters.